The normalized spacial score (nSPS) is 17.5. The van der Waals surface area contributed by atoms with E-state index in [9.17, 15) is 9.90 Å². The Bertz CT molecular complexity index is 675. The van der Waals surface area contributed by atoms with Gasteiger partial charge in [-0.1, -0.05) is 12.1 Å². The highest BCUT2D eigenvalue weighted by atomic mass is 16.5. The van der Waals surface area contributed by atoms with Crippen molar-refractivity contribution >= 4 is 5.91 Å². The van der Waals surface area contributed by atoms with Gasteiger partial charge in [0.25, 0.3) is 5.91 Å². The highest BCUT2D eigenvalue weighted by Gasteiger charge is 2.24. The molecule has 1 unspecified atom stereocenters. The lowest BCUT2D eigenvalue weighted by molar-refractivity contribution is 0.0620. The van der Waals surface area contributed by atoms with Crippen molar-refractivity contribution in [2.75, 3.05) is 19.7 Å². The van der Waals surface area contributed by atoms with Crippen LogP contribution in [-0.4, -0.2) is 40.6 Å². The van der Waals surface area contributed by atoms with E-state index in [2.05, 4.69) is 4.98 Å². The first-order chi connectivity index (χ1) is 11.8. The third kappa shape index (κ3) is 4.11. The third-order valence-corrected chi connectivity index (χ3v) is 4.27. The van der Waals surface area contributed by atoms with Crippen molar-refractivity contribution in [1.82, 2.24) is 9.88 Å². The summed E-state index contributed by atoms with van der Waals surface area (Å²) in [5.74, 6) is 0.855. The Hall–Kier alpha value is -2.40. The van der Waals surface area contributed by atoms with Gasteiger partial charge in [0.15, 0.2) is 0 Å². The van der Waals surface area contributed by atoms with Crippen LogP contribution in [0.1, 0.15) is 28.8 Å². The number of hydrogen-bond acceptors (Lipinski definition) is 4. The number of rotatable bonds is 5. The lowest BCUT2D eigenvalue weighted by atomic mass is 9.98. The topological polar surface area (TPSA) is 62.7 Å². The third-order valence-electron chi connectivity index (χ3n) is 4.27. The second-order valence-electron chi connectivity index (χ2n) is 6.12. The van der Waals surface area contributed by atoms with Gasteiger partial charge in [0.05, 0.1) is 0 Å². The Kier molecular flexibility index (Phi) is 5.43. The molecule has 1 aromatic heterocycles. The maximum Gasteiger partial charge on any atom is 0.253 e. The molecule has 2 aromatic rings. The van der Waals surface area contributed by atoms with Gasteiger partial charge in [-0.2, -0.15) is 0 Å². The lowest BCUT2D eigenvalue weighted by Gasteiger charge is -2.32. The smallest absolute Gasteiger partial charge is 0.253 e. The minimum atomic E-state index is -0.0000206. The van der Waals surface area contributed by atoms with Crippen LogP contribution in [0.5, 0.6) is 5.75 Å². The first-order valence-corrected chi connectivity index (χ1v) is 8.28. The quantitative estimate of drug-likeness (QED) is 0.917. The predicted octanol–water partition coefficient (Wildman–Crippen LogP) is 2.51. The zero-order valence-electron chi connectivity index (χ0n) is 13.6. The maximum atomic E-state index is 12.7. The van der Waals surface area contributed by atoms with Crippen LogP contribution in [0.2, 0.25) is 0 Å². The van der Waals surface area contributed by atoms with E-state index in [0.717, 1.165) is 24.9 Å². The van der Waals surface area contributed by atoms with E-state index in [-0.39, 0.29) is 18.4 Å². The van der Waals surface area contributed by atoms with Gasteiger partial charge in [-0.15, -0.1) is 0 Å². The number of amides is 1. The van der Waals surface area contributed by atoms with Crippen molar-refractivity contribution in [3.8, 4) is 5.75 Å². The fraction of sp³-hybridized carbons (Fsp3) is 0.368. The highest BCUT2D eigenvalue weighted by Crippen LogP contribution is 2.21. The summed E-state index contributed by atoms with van der Waals surface area (Å²) in [7, 11) is 0. The Balaban J connectivity index is 1.65. The van der Waals surface area contributed by atoms with Gasteiger partial charge in [0.1, 0.15) is 12.4 Å². The second kappa shape index (κ2) is 7.93. The molecule has 5 heteroatoms. The molecule has 1 fully saturated rings. The van der Waals surface area contributed by atoms with Crippen LogP contribution in [0, 0.1) is 5.92 Å². The molecule has 0 bridgehead atoms. The predicted molar refractivity (Wildman–Crippen MR) is 90.7 cm³/mol. The van der Waals surface area contributed by atoms with E-state index in [1.807, 2.05) is 35.2 Å². The van der Waals surface area contributed by atoms with Gasteiger partial charge in [-0.05, 0) is 43.0 Å². The minimum absolute atomic E-state index is 0.0000206. The van der Waals surface area contributed by atoms with Crippen LogP contribution in [0.25, 0.3) is 0 Å². The van der Waals surface area contributed by atoms with Crippen LogP contribution in [0.3, 0.4) is 0 Å². The number of hydrogen-bond donors (Lipinski definition) is 1. The van der Waals surface area contributed by atoms with Crippen LogP contribution in [-0.2, 0) is 6.61 Å². The molecule has 0 spiro atoms. The molecule has 0 aliphatic carbocycles. The van der Waals surface area contributed by atoms with Gasteiger partial charge in [-0.3, -0.25) is 9.78 Å². The van der Waals surface area contributed by atoms with Crippen LogP contribution in [0.4, 0.5) is 0 Å². The standard InChI is InChI=1S/C19H22N2O3/c22-13-16-5-3-9-21(12-16)19(23)17-6-1-7-18(10-17)24-14-15-4-2-8-20-11-15/h1-2,4,6-8,10-11,16,22H,3,5,9,12-14H2. The minimum Gasteiger partial charge on any atom is -0.489 e. The number of aliphatic hydroxyl groups is 1. The Labute approximate surface area is 141 Å². The second-order valence-corrected chi connectivity index (χ2v) is 6.12. The van der Waals surface area contributed by atoms with Crippen LogP contribution >= 0.6 is 0 Å². The Morgan fingerprint density at radius 3 is 3.04 bits per heavy atom. The van der Waals surface area contributed by atoms with Crippen molar-refractivity contribution < 1.29 is 14.6 Å². The number of piperidine rings is 1. The summed E-state index contributed by atoms with van der Waals surface area (Å²) in [4.78, 5) is 18.5. The largest absolute Gasteiger partial charge is 0.489 e. The number of nitrogens with zero attached hydrogens (tertiary/aromatic N) is 2. The van der Waals surface area contributed by atoms with Gasteiger partial charge < -0.3 is 14.7 Å². The Morgan fingerprint density at radius 2 is 2.25 bits per heavy atom. The van der Waals surface area contributed by atoms with E-state index in [1.54, 1.807) is 18.5 Å². The van der Waals surface area contributed by atoms with E-state index in [0.29, 0.717) is 24.5 Å². The maximum absolute atomic E-state index is 12.7. The molecule has 1 atom stereocenters. The molecule has 5 nitrogen and oxygen atoms in total. The molecule has 1 amide bonds. The zero-order valence-corrected chi connectivity index (χ0v) is 13.6. The summed E-state index contributed by atoms with van der Waals surface area (Å²) < 4.78 is 5.76. The average molecular weight is 326 g/mol. The zero-order chi connectivity index (χ0) is 16.8. The van der Waals surface area contributed by atoms with Crippen molar-refractivity contribution in [1.29, 1.82) is 0 Å². The summed E-state index contributed by atoms with van der Waals surface area (Å²) in [5.41, 5.74) is 1.60. The number of aromatic nitrogens is 1. The number of aliphatic hydroxyl groups excluding tert-OH is 1. The van der Waals surface area contributed by atoms with Gasteiger partial charge in [0.2, 0.25) is 0 Å². The molecule has 126 valence electrons. The summed E-state index contributed by atoms with van der Waals surface area (Å²) in [5, 5.41) is 9.32. The number of pyridine rings is 1. The molecule has 1 N–H and O–H groups in total. The van der Waals surface area contributed by atoms with Crippen molar-refractivity contribution in [3.05, 3.63) is 59.9 Å². The summed E-state index contributed by atoms with van der Waals surface area (Å²) in [6.45, 7) is 1.92. The number of carbonyl (C=O) groups is 1. The number of likely N-dealkylation sites (tertiary alicyclic amines) is 1. The molecule has 24 heavy (non-hydrogen) atoms. The number of benzene rings is 1. The van der Waals surface area contributed by atoms with E-state index >= 15 is 0 Å². The fourth-order valence-electron chi connectivity index (χ4n) is 2.95. The first kappa shape index (κ1) is 16.5. The molecular weight excluding hydrogens is 304 g/mol. The summed E-state index contributed by atoms with van der Waals surface area (Å²) >= 11 is 0. The van der Waals surface area contributed by atoms with Crippen molar-refractivity contribution in [3.63, 3.8) is 0 Å². The lowest BCUT2D eigenvalue weighted by Crippen LogP contribution is -2.40. The van der Waals surface area contributed by atoms with Crippen LogP contribution in [0.15, 0.2) is 48.8 Å². The molecule has 0 radical (unpaired) electrons. The highest BCUT2D eigenvalue weighted by molar-refractivity contribution is 5.94. The molecule has 1 aliphatic rings. The monoisotopic (exact) mass is 326 g/mol. The van der Waals surface area contributed by atoms with E-state index in [1.165, 1.54) is 0 Å². The average Bonchev–Trinajstić information content (AvgIpc) is 2.67. The summed E-state index contributed by atoms with van der Waals surface area (Å²) in [6.07, 6.45) is 5.40. The van der Waals surface area contributed by atoms with Gasteiger partial charge >= 0.3 is 0 Å². The number of ether oxygens (including phenoxy) is 1. The molecule has 3 rings (SSSR count). The van der Waals surface area contributed by atoms with Crippen molar-refractivity contribution in [2.24, 2.45) is 5.92 Å². The van der Waals surface area contributed by atoms with E-state index in [4.69, 9.17) is 4.74 Å². The molecule has 1 aromatic carbocycles. The molecule has 0 saturated carbocycles. The molecule has 1 aliphatic heterocycles. The molecule has 1 saturated heterocycles. The van der Waals surface area contributed by atoms with Gasteiger partial charge in [-0.25, -0.2) is 0 Å². The van der Waals surface area contributed by atoms with Crippen LogP contribution < -0.4 is 4.74 Å². The molecular formula is C19H22N2O3. The van der Waals surface area contributed by atoms with Gasteiger partial charge in [0, 0.05) is 43.2 Å². The first-order valence-electron chi connectivity index (χ1n) is 8.28. The SMILES string of the molecule is O=C(c1cccc(OCc2cccnc2)c1)N1CCCC(CO)C1. The fourth-order valence-corrected chi connectivity index (χ4v) is 2.95. The summed E-state index contributed by atoms with van der Waals surface area (Å²) in [6, 6.07) is 11.1. The van der Waals surface area contributed by atoms with E-state index < -0.39 is 0 Å². The molecule has 2 heterocycles. The number of carbonyl (C=O) groups excluding carboxylic acids is 1. The van der Waals surface area contributed by atoms with Crippen molar-refractivity contribution in [2.45, 2.75) is 19.4 Å². The Morgan fingerprint density at radius 1 is 1.33 bits per heavy atom.